The van der Waals surface area contributed by atoms with E-state index in [1.165, 1.54) is 17.7 Å². The molecule has 0 aliphatic rings. The topological polar surface area (TPSA) is 81.5 Å². The lowest BCUT2D eigenvalue weighted by molar-refractivity contribution is -0.384. The van der Waals surface area contributed by atoms with Crippen LogP contribution >= 0.6 is 0 Å². The second kappa shape index (κ2) is 7.34. The molecule has 2 rings (SSSR count). The maximum atomic E-state index is 12.0. The Balaban J connectivity index is 1.97. The molecule has 0 atom stereocenters. The lowest BCUT2D eigenvalue weighted by Gasteiger charge is -2.19. The summed E-state index contributed by atoms with van der Waals surface area (Å²) in [7, 11) is 0. The van der Waals surface area contributed by atoms with Crippen molar-refractivity contribution in [3.05, 3.63) is 63.7 Å². The lowest BCUT2D eigenvalue weighted by atomic mass is 9.87. The molecule has 6 heteroatoms. The maximum absolute atomic E-state index is 12.0. The van der Waals surface area contributed by atoms with Crippen LogP contribution in [-0.2, 0) is 10.2 Å². The number of anilines is 1. The average molecular weight is 342 g/mol. The van der Waals surface area contributed by atoms with Crippen LogP contribution in [0.15, 0.2) is 42.5 Å². The van der Waals surface area contributed by atoms with E-state index in [1.54, 1.807) is 13.0 Å². The van der Waals surface area contributed by atoms with Crippen molar-refractivity contribution < 1.29 is 14.5 Å². The number of nitrogens with one attached hydrogen (secondary N) is 1. The summed E-state index contributed by atoms with van der Waals surface area (Å²) in [5.74, 6) is 0.224. The zero-order valence-electron chi connectivity index (χ0n) is 14.8. The van der Waals surface area contributed by atoms with E-state index < -0.39 is 4.92 Å². The fraction of sp³-hybridized carbons (Fsp3) is 0.316. The van der Waals surface area contributed by atoms with Gasteiger partial charge in [-0.3, -0.25) is 14.9 Å². The second-order valence-corrected chi connectivity index (χ2v) is 6.87. The van der Waals surface area contributed by atoms with Crippen LogP contribution in [0.25, 0.3) is 0 Å². The van der Waals surface area contributed by atoms with E-state index in [0.717, 1.165) is 5.56 Å². The van der Waals surface area contributed by atoms with Crippen LogP contribution in [0, 0.1) is 17.0 Å². The minimum Gasteiger partial charge on any atom is -0.484 e. The first-order valence-electron chi connectivity index (χ1n) is 7.95. The molecule has 0 spiro atoms. The van der Waals surface area contributed by atoms with Gasteiger partial charge in [-0.1, -0.05) is 39.0 Å². The number of amides is 1. The van der Waals surface area contributed by atoms with Gasteiger partial charge in [0.25, 0.3) is 11.6 Å². The van der Waals surface area contributed by atoms with Crippen molar-refractivity contribution in [1.29, 1.82) is 0 Å². The molecule has 1 N–H and O–H groups in total. The summed E-state index contributed by atoms with van der Waals surface area (Å²) in [4.78, 5) is 22.4. The highest BCUT2D eigenvalue weighted by Gasteiger charge is 2.14. The number of carbonyl (C=O) groups excluding carboxylic acids is 1. The van der Waals surface area contributed by atoms with Crippen molar-refractivity contribution in [2.75, 3.05) is 11.9 Å². The Bertz CT molecular complexity index is 777. The third-order valence-corrected chi connectivity index (χ3v) is 3.80. The van der Waals surface area contributed by atoms with Crippen molar-refractivity contribution in [3.63, 3.8) is 0 Å². The molecule has 0 radical (unpaired) electrons. The van der Waals surface area contributed by atoms with E-state index in [0.29, 0.717) is 11.4 Å². The van der Waals surface area contributed by atoms with Gasteiger partial charge in [-0.25, -0.2) is 0 Å². The number of ether oxygens (including phenoxy) is 1. The van der Waals surface area contributed by atoms with Gasteiger partial charge in [0, 0.05) is 12.1 Å². The molecule has 132 valence electrons. The van der Waals surface area contributed by atoms with Crippen LogP contribution in [0.1, 0.15) is 31.9 Å². The summed E-state index contributed by atoms with van der Waals surface area (Å²) in [6, 6.07) is 11.9. The Kier molecular flexibility index (Phi) is 5.41. The fourth-order valence-corrected chi connectivity index (χ4v) is 2.24. The Morgan fingerprint density at radius 2 is 1.80 bits per heavy atom. The maximum Gasteiger partial charge on any atom is 0.271 e. The Morgan fingerprint density at radius 3 is 2.36 bits per heavy atom. The van der Waals surface area contributed by atoms with Crippen LogP contribution in [0.4, 0.5) is 11.4 Å². The predicted molar refractivity (Wildman–Crippen MR) is 97.1 cm³/mol. The molecule has 0 saturated heterocycles. The number of rotatable bonds is 5. The zero-order valence-corrected chi connectivity index (χ0v) is 14.8. The van der Waals surface area contributed by atoms with Crippen molar-refractivity contribution in [1.82, 2.24) is 0 Å². The molecule has 0 bridgehead atoms. The standard InChI is InChI=1S/C19H22N2O4/c1-13-5-8-15(21(23)24)11-17(13)20-18(22)12-25-16-9-6-14(7-10-16)19(2,3)4/h5-11H,12H2,1-4H3,(H,20,22). The Morgan fingerprint density at radius 1 is 1.16 bits per heavy atom. The predicted octanol–water partition coefficient (Wildman–Crippen LogP) is 4.22. The number of carbonyl (C=O) groups is 1. The summed E-state index contributed by atoms with van der Waals surface area (Å²) in [5, 5.41) is 13.5. The number of benzene rings is 2. The largest absolute Gasteiger partial charge is 0.484 e. The zero-order chi connectivity index (χ0) is 18.6. The van der Waals surface area contributed by atoms with Crippen LogP contribution < -0.4 is 10.1 Å². The van der Waals surface area contributed by atoms with Crippen LogP contribution in [-0.4, -0.2) is 17.4 Å². The molecule has 0 unspecified atom stereocenters. The number of nitro groups is 1. The van der Waals surface area contributed by atoms with Crippen LogP contribution in [0.5, 0.6) is 5.75 Å². The van der Waals surface area contributed by atoms with Crippen molar-refractivity contribution >= 4 is 17.3 Å². The van der Waals surface area contributed by atoms with Crippen molar-refractivity contribution in [2.24, 2.45) is 0 Å². The summed E-state index contributed by atoms with van der Waals surface area (Å²) in [5.41, 5.74) is 2.31. The molecule has 0 fully saturated rings. The average Bonchev–Trinajstić information content (AvgIpc) is 2.54. The van der Waals surface area contributed by atoms with Gasteiger partial charge in [0.2, 0.25) is 0 Å². The Labute approximate surface area is 147 Å². The number of hydrogen-bond acceptors (Lipinski definition) is 4. The third-order valence-electron chi connectivity index (χ3n) is 3.80. The van der Waals surface area contributed by atoms with Gasteiger partial charge in [0.1, 0.15) is 5.75 Å². The molecule has 6 nitrogen and oxygen atoms in total. The second-order valence-electron chi connectivity index (χ2n) is 6.87. The molecular weight excluding hydrogens is 320 g/mol. The smallest absolute Gasteiger partial charge is 0.271 e. The first-order chi connectivity index (χ1) is 11.7. The van der Waals surface area contributed by atoms with Gasteiger partial charge in [-0.05, 0) is 35.6 Å². The molecule has 2 aromatic carbocycles. The molecule has 0 aliphatic heterocycles. The Hall–Kier alpha value is -2.89. The van der Waals surface area contributed by atoms with Crippen molar-refractivity contribution in [2.45, 2.75) is 33.1 Å². The number of nitro benzene ring substituents is 1. The number of nitrogens with zero attached hydrogens (tertiary/aromatic N) is 1. The fourth-order valence-electron chi connectivity index (χ4n) is 2.24. The molecule has 2 aromatic rings. The molecule has 0 heterocycles. The van der Waals surface area contributed by atoms with E-state index in [9.17, 15) is 14.9 Å². The van der Waals surface area contributed by atoms with E-state index >= 15 is 0 Å². The van der Waals surface area contributed by atoms with Gasteiger partial charge in [0.05, 0.1) is 10.6 Å². The highest BCUT2D eigenvalue weighted by Crippen LogP contribution is 2.24. The summed E-state index contributed by atoms with van der Waals surface area (Å²) >= 11 is 0. The highest BCUT2D eigenvalue weighted by atomic mass is 16.6. The summed E-state index contributed by atoms with van der Waals surface area (Å²) < 4.78 is 5.48. The van der Waals surface area contributed by atoms with E-state index in [2.05, 4.69) is 26.1 Å². The number of hydrogen-bond donors (Lipinski definition) is 1. The summed E-state index contributed by atoms with van der Waals surface area (Å²) in [6.07, 6.45) is 0. The van der Waals surface area contributed by atoms with Gasteiger partial charge >= 0.3 is 0 Å². The van der Waals surface area contributed by atoms with Gasteiger partial charge in [-0.15, -0.1) is 0 Å². The van der Waals surface area contributed by atoms with Crippen molar-refractivity contribution in [3.8, 4) is 5.75 Å². The normalized spacial score (nSPS) is 11.0. The minimum atomic E-state index is -0.498. The molecule has 0 saturated carbocycles. The molecular formula is C19H22N2O4. The SMILES string of the molecule is Cc1ccc([N+](=O)[O-])cc1NC(=O)COc1ccc(C(C)(C)C)cc1. The van der Waals surface area contributed by atoms with Gasteiger partial charge in [-0.2, -0.15) is 0 Å². The number of aryl methyl sites for hydroxylation is 1. The highest BCUT2D eigenvalue weighted by molar-refractivity contribution is 5.93. The molecule has 0 aromatic heterocycles. The van der Waals surface area contributed by atoms with E-state index in [1.807, 2.05) is 24.3 Å². The monoisotopic (exact) mass is 342 g/mol. The van der Waals surface area contributed by atoms with E-state index in [-0.39, 0.29) is 23.6 Å². The third kappa shape index (κ3) is 5.04. The van der Waals surface area contributed by atoms with Crippen LogP contribution in [0.3, 0.4) is 0 Å². The van der Waals surface area contributed by atoms with Gasteiger partial charge in [0.15, 0.2) is 6.61 Å². The molecule has 25 heavy (non-hydrogen) atoms. The van der Waals surface area contributed by atoms with E-state index in [4.69, 9.17) is 4.74 Å². The minimum absolute atomic E-state index is 0.0510. The number of non-ortho nitro benzene ring substituents is 1. The first kappa shape index (κ1) is 18.4. The summed E-state index contributed by atoms with van der Waals surface area (Å²) in [6.45, 7) is 7.97. The van der Waals surface area contributed by atoms with Gasteiger partial charge < -0.3 is 10.1 Å². The first-order valence-corrected chi connectivity index (χ1v) is 7.95. The molecule has 0 aliphatic carbocycles. The molecule has 1 amide bonds. The quantitative estimate of drug-likeness (QED) is 0.651. The lowest BCUT2D eigenvalue weighted by Crippen LogP contribution is -2.20. The van der Waals surface area contributed by atoms with Crippen LogP contribution in [0.2, 0.25) is 0 Å².